The monoisotopic (exact) mass is 371 g/mol. The fourth-order valence-corrected chi connectivity index (χ4v) is 3.33. The third-order valence-corrected chi connectivity index (χ3v) is 4.78. The molecule has 0 bridgehead atoms. The lowest BCUT2D eigenvalue weighted by molar-refractivity contribution is -0.125. The molecular weight excluding hydrogens is 342 g/mol. The number of hydrogen-bond acceptors (Lipinski definition) is 4. The SMILES string of the molecule is CC(C)C(NC(=O)c1ccco1)C(=O)NC(CN)C1CCCCC1.Cl. The maximum Gasteiger partial charge on any atom is 0.287 e. The van der Waals surface area contributed by atoms with Crippen LogP contribution in [0.4, 0.5) is 0 Å². The van der Waals surface area contributed by atoms with E-state index >= 15 is 0 Å². The molecule has 142 valence electrons. The van der Waals surface area contributed by atoms with Crippen molar-refractivity contribution in [1.29, 1.82) is 0 Å². The molecule has 0 radical (unpaired) electrons. The van der Waals surface area contributed by atoms with Gasteiger partial charge >= 0.3 is 0 Å². The van der Waals surface area contributed by atoms with E-state index in [2.05, 4.69) is 10.6 Å². The molecule has 0 spiro atoms. The van der Waals surface area contributed by atoms with Crippen molar-refractivity contribution in [3.63, 3.8) is 0 Å². The Morgan fingerprint density at radius 1 is 1.24 bits per heavy atom. The summed E-state index contributed by atoms with van der Waals surface area (Å²) in [5.74, 6) is 0.0489. The zero-order valence-corrected chi connectivity index (χ0v) is 15.8. The molecule has 25 heavy (non-hydrogen) atoms. The Morgan fingerprint density at radius 2 is 1.92 bits per heavy atom. The smallest absolute Gasteiger partial charge is 0.287 e. The molecule has 2 amide bonds. The van der Waals surface area contributed by atoms with Gasteiger partial charge in [0.15, 0.2) is 5.76 Å². The fourth-order valence-electron chi connectivity index (χ4n) is 3.33. The van der Waals surface area contributed by atoms with Gasteiger partial charge in [-0.25, -0.2) is 0 Å². The van der Waals surface area contributed by atoms with Gasteiger partial charge in [-0.3, -0.25) is 9.59 Å². The van der Waals surface area contributed by atoms with Crippen molar-refractivity contribution in [3.05, 3.63) is 24.2 Å². The maximum atomic E-state index is 12.7. The summed E-state index contributed by atoms with van der Waals surface area (Å²) < 4.78 is 5.09. The van der Waals surface area contributed by atoms with E-state index in [-0.39, 0.29) is 41.9 Å². The molecule has 1 heterocycles. The van der Waals surface area contributed by atoms with Crippen LogP contribution in [0.15, 0.2) is 22.8 Å². The van der Waals surface area contributed by atoms with Gasteiger partial charge in [-0.15, -0.1) is 12.4 Å². The maximum absolute atomic E-state index is 12.7. The minimum absolute atomic E-state index is 0. The molecule has 0 aromatic carbocycles. The van der Waals surface area contributed by atoms with Crippen LogP contribution >= 0.6 is 12.4 Å². The quantitative estimate of drug-likeness (QED) is 0.685. The number of nitrogens with one attached hydrogen (secondary N) is 2. The first-order valence-corrected chi connectivity index (χ1v) is 8.87. The Balaban J connectivity index is 0.00000312. The standard InChI is InChI=1S/C18H29N3O3.ClH/c1-12(2)16(21-17(22)15-9-6-10-24-15)18(23)20-14(11-19)13-7-4-3-5-8-13;/h6,9-10,12-14,16H,3-5,7-8,11,19H2,1-2H3,(H,20,23)(H,21,22);1H. The summed E-state index contributed by atoms with van der Waals surface area (Å²) in [6.45, 7) is 4.24. The molecule has 4 N–H and O–H groups in total. The molecule has 1 aromatic rings. The zero-order chi connectivity index (χ0) is 17.5. The molecule has 1 aliphatic carbocycles. The Bertz CT molecular complexity index is 528. The van der Waals surface area contributed by atoms with Crippen molar-refractivity contribution in [1.82, 2.24) is 10.6 Å². The van der Waals surface area contributed by atoms with Crippen LogP contribution in [0.3, 0.4) is 0 Å². The Kier molecular flexibility index (Phi) is 9.00. The van der Waals surface area contributed by atoms with Crippen molar-refractivity contribution in [2.75, 3.05) is 6.54 Å². The molecule has 2 rings (SSSR count). The molecule has 1 aromatic heterocycles. The van der Waals surface area contributed by atoms with Crippen molar-refractivity contribution in [2.45, 2.75) is 58.0 Å². The summed E-state index contributed by atoms with van der Waals surface area (Å²) in [5, 5.41) is 5.82. The second-order valence-corrected chi connectivity index (χ2v) is 6.92. The molecule has 7 heteroatoms. The highest BCUT2D eigenvalue weighted by molar-refractivity contribution is 5.95. The average molecular weight is 372 g/mol. The third kappa shape index (κ3) is 6.04. The number of carbonyl (C=O) groups excluding carboxylic acids is 2. The first-order valence-electron chi connectivity index (χ1n) is 8.87. The van der Waals surface area contributed by atoms with Crippen molar-refractivity contribution >= 4 is 24.2 Å². The number of rotatable bonds is 7. The fraction of sp³-hybridized carbons (Fsp3) is 0.667. The summed E-state index contributed by atoms with van der Waals surface area (Å²) in [4.78, 5) is 24.9. The topological polar surface area (TPSA) is 97.4 Å². The lowest BCUT2D eigenvalue weighted by Crippen LogP contribution is -2.55. The van der Waals surface area contributed by atoms with Gasteiger partial charge in [-0.2, -0.15) is 0 Å². The average Bonchev–Trinajstić information content (AvgIpc) is 3.12. The van der Waals surface area contributed by atoms with E-state index in [0.29, 0.717) is 12.5 Å². The van der Waals surface area contributed by atoms with Gasteiger partial charge in [0.05, 0.1) is 6.26 Å². The van der Waals surface area contributed by atoms with Crippen LogP contribution in [0.25, 0.3) is 0 Å². The van der Waals surface area contributed by atoms with Crippen LogP contribution in [0.2, 0.25) is 0 Å². The number of nitrogens with two attached hydrogens (primary N) is 1. The molecular formula is C18H30ClN3O3. The van der Waals surface area contributed by atoms with Crippen LogP contribution < -0.4 is 16.4 Å². The summed E-state index contributed by atoms with van der Waals surface area (Å²) in [7, 11) is 0. The normalized spacial score (nSPS) is 17.4. The third-order valence-electron chi connectivity index (χ3n) is 4.78. The van der Waals surface area contributed by atoms with E-state index in [0.717, 1.165) is 12.8 Å². The van der Waals surface area contributed by atoms with E-state index < -0.39 is 6.04 Å². The van der Waals surface area contributed by atoms with E-state index in [1.807, 2.05) is 13.8 Å². The van der Waals surface area contributed by atoms with E-state index in [4.69, 9.17) is 10.2 Å². The molecule has 1 fully saturated rings. The lowest BCUT2D eigenvalue weighted by atomic mass is 9.83. The van der Waals surface area contributed by atoms with Gasteiger partial charge in [0.2, 0.25) is 5.91 Å². The second-order valence-electron chi connectivity index (χ2n) is 6.92. The number of hydrogen-bond donors (Lipinski definition) is 3. The Labute approximate surface area is 155 Å². The van der Waals surface area contributed by atoms with Crippen molar-refractivity contribution < 1.29 is 14.0 Å². The number of furan rings is 1. The van der Waals surface area contributed by atoms with Crippen LogP contribution in [0, 0.1) is 11.8 Å². The van der Waals surface area contributed by atoms with E-state index in [1.165, 1.54) is 25.5 Å². The highest BCUT2D eigenvalue weighted by atomic mass is 35.5. The molecule has 1 saturated carbocycles. The number of carbonyl (C=O) groups is 2. The van der Waals surface area contributed by atoms with Crippen LogP contribution in [-0.2, 0) is 4.79 Å². The second kappa shape index (κ2) is 10.5. The predicted molar refractivity (Wildman–Crippen MR) is 99.6 cm³/mol. The lowest BCUT2D eigenvalue weighted by Gasteiger charge is -2.32. The van der Waals surface area contributed by atoms with Gasteiger partial charge in [0.25, 0.3) is 5.91 Å². The molecule has 1 aliphatic rings. The summed E-state index contributed by atoms with van der Waals surface area (Å²) in [6, 6.07) is 2.59. The van der Waals surface area contributed by atoms with Crippen LogP contribution in [0.5, 0.6) is 0 Å². The largest absolute Gasteiger partial charge is 0.459 e. The van der Waals surface area contributed by atoms with Gasteiger partial charge in [0.1, 0.15) is 6.04 Å². The van der Waals surface area contributed by atoms with Gasteiger partial charge < -0.3 is 20.8 Å². The minimum Gasteiger partial charge on any atom is -0.459 e. The molecule has 0 saturated heterocycles. The molecule has 2 unspecified atom stereocenters. The molecule has 2 atom stereocenters. The molecule has 0 aliphatic heterocycles. The van der Waals surface area contributed by atoms with Gasteiger partial charge in [0, 0.05) is 12.6 Å². The highest BCUT2D eigenvalue weighted by Gasteiger charge is 2.30. The Hall–Kier alpha value is -1.53. The first-order chi connectivity index (χ1) is 11.5. The first kappa shape index (κ1) is 21.5. The summed E-state index contributed by atoms with van der Waals surface area (Å²) >= 11 is 0. The number of halogens is 1. The highest BCUT2D eigenvalue weighted by Crippen LogP contribution is 2.26. The summed E-state index contributed by atoms with van der Waals surface area (Å²) in [6.07, 6.45) is 7.29. The number of amides is 2. The van der Waals surface area contributed by atoms with Gasteiger partial charge in [-0.1, -0.05) is 33.1 Å². The van der Waals surface area contributed by atoms with Gasteiger partial charge in [-0.05, 0) is 36.8 Å². The van der Waals surface area contributed by atoms with Crippen LogP contribution in [0.1, 0.15) is 56.5 Å². The van der Waals surface area contributed by atoms with E-state index in [9.17, 15) is 9.59 Å². The zero-order valence-electron chi connectivity index (χ0n) is 15.0. The Morgan fingerprint density at radius 3 is 2.44 bits per heavy atom. The predicted octanol–water partition coefficient (Wildman–Crippen LogP) is 2.48. The minimum atomic E-state index is -0.611. The van der Waals surface area contributed by atoms with Crippen molar-refractivity contribution in [3.8, 4) is 0 Å². The van der Waals surface area contributed by atoms with E-state index in [1.54, 1.807) is 12.1 Å². The molecule has 6 nitrogen and oxygen atoms in total. The van der Waals surface area contributed by atoms with Crippen molar-refractivity contribution in [2.24, 2.45) is 17.6 Å². The van der Waals surface area contributed by atoms with Crippen LogP contribution in [-0.4, -0.2) is 30.4 Å². The summed E-state index contributed by atoms with van der Waals surface area (Å²) in [5.41, 5.74) is 5.89.